The standard InChI is InChI=1S/C14H15N3O2/c1-17(12-7-8-16-9-11(12)15)14(18)10-5-3-4-6-13(10)19-2/h3-9H,15H2,1-2H3. The van der Waals surface area contributed by atoms with Crippen LogP contribution >= 0.6 is 0 Å². The molecule has 0 unspecified atom stereocenters. The van der Waals surface area contributed by atoms with Crippen molar-refractivity contribution in [2.75, 3.05) is 24.8 Å². The second-order valence-corrected chi connectivity index (χ2v) is 4.00. The minimum Gasteiger partial charge on any atom is -0.496 e. The van der Waals surface area contributed by atoms with Gasteiger partial charge in [-0.05, 0) is 18.2 Å². The van der Waals surface area contributed by atoms with Crippen molar-refractivity contribution in [3.8, 4) is 5.75 Å². The van der Waals surface area contributed by atoms with E-state index in [0.29, 0.717) is 22.7 Å². The zero-order valence-corrected chi connectivity index (χ0v) is 10.8. The Morgan fingerprint density at radius 2 is 2.05 bits per heavy atom. The number of hydrogen-bond donors (Lipinski definition) is 1. The van der Waals surface area contributed by atoms with Gasteiger partial charge in [-0.1, -0.05) is 12.1 Å². The first-order chi connectivity index (χ1) is 9.15. The van der Waals surface area contributed by atoms with Gasteiger partial charge < -0.3 is 15.4 Å². The van der Waals surface area contributed by atoms with Gasteiger partial charge in [0.25, 0.3) is 5.91 Å². The summed E-state index contributed by atoms with van der Waals surface area (Å²) in [5, 5.41) is 0. The van der Waals surface area contributed by atoms with Gasteiger partial charge in [-0.25, -0.2) is 0 Å². The summed E-state index contributed by atoms with van der Waals surface area (Å²) < 4.78 is 5.19. The van der Waals surface area contributed by atoms with Crippen molar-refractivity contribution in [3.05, 3.63) is 48.3 Å². The molecule has 0 aliphatic heterocycles. The van der Waals surface area contributed by atoms with Gasteiger partial charge in [0.15, 0.2) is 0 Å². The lowest BCUT2D eigenvalue weighted by Gasteiger charge is -2.19. The molecule has 2 aromatic rings. The first kappa shape index (κ1) is 12.9. The fraction of sp³-hybridized carbons (Fsp3) is 0.143. The van der Waals surface area contributed by atoms with E-state index in [9.17, 15) is 4.79 Å². The van der Waals surface area contributed by atoms with Crippen LogP contribution in [0.1, 0.15) is 10.4 Å². The monoisotopic (exact) mass is 257 g/mol. The molecule has 0 aliphatic carbocycles. The Bertz CT molecular complexity index is 599. The Balaban J connectivity index is 2.37. The molecule has 98 valence electrons. The zero-order chi connectivity index (χ0) is 13.8. The molecule has 5 heteroatoms. The van der Waals surface area contributed by atoms with Gasteiger partial charge in [0.2, 0.25) is 0 Å². The van der Waals surface area contributed by atoms with E-state index in [1.54, 1.807) is 37.5 Å². The molecule has 0 atom stereocenters. The molecule has 2 rings (SSSR count). The number of amides is 1. The number of carbonyl (C=O) groups excluding carboxylic acids is 1. The number of para-hydroxylation sites is 1. The summed E-state index contributed by atoms with van der Waals surface area (Å²) >= 11 is 0. The summed E-state index contributed by atoms with van der Waals surface area (Å²) in [6.45, 7) is 0. The molecule has 0 saturated carbocycles. The van der Waals surface area contributed by atoms with Gasteiger partial charge in [-0.15, -0.1) is 0 Å². The normalized spacial score (nSPS) is 10.0. The van der Waals surface area contributed by atoms with Crippen molar-refractivity contribution < 1.29 is 9.53 Å². The number of aromatic nitrogens is 1. The number of hydrogen-bond acceptors (Lipinski definition) is 4. The van der Waals surface area contributed by atoms with E-state index < -0.39 is 0 Å². The van der Waals surface area contributed by atoms with Crippen LogP contribution in [-0.4, -0.2) is 25.0 Å². The Morgan fingerprint density at radius 1 is 1.32 bits per heavy atom. The molecule has 0 radical (unpaired) electrons. The van der Waals surface area contributed by atoms with Crippen molar-refractivity contribution in [2.45, 2.75) is 0 Å². The van der Waals surface area contributed by atoms with E-state index in [2.05, 4.69) is 4.98 Å². The van der Waals surface area contributed by atoms with Crippen molar-refractivity contribution in [1.82, 2.24) is 4.98 Å². The van der Waals surface area contributed by atoms with Crippen LogP contribution in [0.2, 0.25) is 0 Å². The molecule has 2 N–H and O–H groups in total. The molecule has 1 heterocycles. The number of anilines is 2. The maximum absolute atomic E-state index is 12.4. The van der Waals surface area contributed by atoms with E-state index in [1.165, 1.54) is 18.2 Å². The molecule has 5 nitrogen and oxygen atoms in total. The number of carbonyl (C=O) groups is 1. The van der Waals surface area contributed by atoms with Crippen molar-refractivity contribution in [3.63, 3.8) is 0 Å². The van der Waals surface area contributed by atoms with Crippen LogP contribution in [0.25, 0.3) is 0 Å². The van der Waals surface area contributed by atoms with Gasteiger partial charge >= 0.3 is 0 Å². The SMILES string of the molecule is COc1ccccc1C(=O)N(C)c1ccncc1N. The number of pyridine rings is 1. The van der Waals surface area contributed by atoms with E-state index in [-0.39, 0.29) is 5.91 Å². The Hall–Kier alpha value is -2.56. The number of nitrogens with two attached hydrogens (primary N) is 1. The summed E-state index contributed by atoms with van der Waals surface area (Å²) in [5.41, 5.74) is 7.38. The second kappa shape index (κ2) is 5.39. The van der Waals surface area contributed by atoms with Crippen LogP contribution in [-0.2, 0) is 0 Å². The highest BCUT2D eigenvalue weighted by Gasteiger charge is 2.18. The van der Waals surface area contributed by atoms with E-state index in [4.69, 9.17) is 10.5 Å². The minimum absolute atomic E-state index is 0.185. The second-order valence-electron chi connectivity index (χ2n) is 4.00. The highest BCUT2D eigenvalue weighted by molar-refractivity contribution is 6.08. The minimum atomic E-state index is -0.185. The Labute approximate surface area is 111 Å². The highest BCUT2D eigenvalue weighted by Crippen LogP contribution is 2.25. The van der Waals surface area contributed by atoms with Crippen LogP contribution in [0.4, 0.5) is 11.4 Å². The van der Waals surface area contributed by atoms with Gasteiger partial charge in [0.1, 0.15) is 5.75 Å². The first-order valence-corrected chi connectivity index (χ1v) is 5.75. The van der Waals surface area contributed by atoms with Crippen LogP contribution in [0.5, 0.6) is 5.75 Å². The summed E-state index contributed by atoms with van der Waals surface area (Å²) in [6.07, 6.45) is 3.11. The molecule has 0 spiro atoms. The maximum atomic E-state index is 12.4. The van der Waals surface area contributed by atoms with Gasteiger partial charge in [-0.2, -0.15) is 0 Å². The summed E-state index contributed by atoms with van der Waals surface area (Å²) in [7, 11) is 3.20. The number of nitrogens with zero attached hydrogens (tertiary/aromatic N) is 2. The summed E-state index contributed by atoms with van der Waals surface area (Å²) in [5.74, 6) is 0.349. The van der Waals surface area contributed by atoms with E-state index in [1.807, 2.05) is 6.07 Å². The smallest absolute Gasteiger partial charge is 0.261 e. The predicted molar refractivity (Wildman–Crippen MR) is 74.4 cm³/mol. The molecule has 19 heavy (non-hydrogen) atoms. The third-order valence-corrected chi connectivity index (χ3v) is 2.83. The lowest BCUT2D eigenvalue weighted by atomic mass is 10.1. The molecule has 1 amide bonds. The molecule has 1 aromatic carbocycles. The van der Waals surface area contributed by atoms with Gasteiger partial charge in [0.05, 0.1) is 30.2 Å². The molecular weight excluding hydrogens is 242 g/mol. The summed E-state index contributed by atoms with van der Waals surface area (Å²) in [6, 6.07) is 8.77. The molecular formula is C14H15N3O2. The number of rotatable bonds is 3. The van der Waals surface area contributed by atoms with Crippen LogP contribution in [0.15, 0.2) is 42.7 Å². The van der Waals surface area contributed by atoms with Gasteiger partial charge in [-0.3, -0.25) is 9.78 Å². The number of ether oxygens (including phenoxy) is 1. The van der Waals surface area contributed by atoms with Gasteiger partial charge in [0, 0.05) is 13.2 Å². The lowest BCUT2D eigenvalue weighted by Crippen LogP contribution is -2.27. The molecule has 0 fully saturated rings. The Morgan fingerprint density at radius 3 is 2.74 bits per heavy atom. The topological polar surface area (TPSA) is 68.5 Å². The highest BCUT2D eigenvalue weighted by atomic mass is 16.5. The molecule has 0 saturated heterocycles. The lowest BCUT2D eigenvalue weighted by molar-refractivity contribution is 0.0990. The van der Waals surface area contributed by atoms with Crippen LogP contribution < -0.4 is 15.4 Å². The maximum Gasteiger partial charge on any atom is 0.261 e. The van der Waals surface area contributed by atoms with Crippen molar-refractivity contribution >= 4 is 17.3 Å². The molecule has 1 aromatic heterocycles. The van der Waals surface area contributed by atoms with E-state index >= 15 is 0 Å². The average Bonchev–Trinajstić information content (AvgIpc) is 2.46. The summed E-state index contributed by atoms with van der Waals surface area (Å²) in [4.78, 5) is 17.8. The molecule has 0 aliphatic rings. The predicted octanol–water partition coefficient (Wildman–Crippen LogP) is 1.95. The van der Waals surface area contributed by atoms with Crippen LogP contribution in [0, 0.1) is 0 Å². The van der Waals surface area contributed by atoms with Crippen LogP contribution in [0.3, 0.4) is 0 Å². The largest absolute Gasteiger partial charge is 0.496 e. The first-order valence-electron chi connectivity index (χ1n) is 5.75. The molecule has 0 bridgehead atoms. The number of benzene rings is 1. The number of methoxy groups -OCH3 is 1. The zero-order valence-electron chi connectivity index (χ0n) is 10.8. The third kappa shape index (κ3) is 2.49. The fourth-order valence-corrected chi connectivity index (χ4v) is 1.82. The number of nitrogen functional groups attached to an aromatic ring is 1. The average molecular weight is 257 g/mol. The van der Waals surface area contributed by atoms with Crippen molar-refractivity contribution in [2.24, 2.45) is 0 Å². The fourth-order valence-electron chi connectivity index (χ4n) is 1.82. The quantitative estimate of drug-likeness (QED) is 0.912. The van der Waals surface area contributed by atoms with E-state index in [0.717, 1.165) is 0 Å². The third-order valence-electron chi connectivity index (χ3n) is 2.83. The van der Waals surface area contributed by atoms with Crippen molar-refractivity contribution in [1.29, 1.82) is 0 Å². The Kier molecular flexibility index (Phi) is 3.66.